The van der Waals surface area contributed by atoms with E-state index >= 15 is 0 Å². The molecule has 0 spiro atoms. The number of carbonyl (C=O) groups excluding carboxylic acids is 1. The molecule has 1 N–H and O–H groups in total. The second-order valence-corrected chi connectivity index (χ2v) is 4.48. The SMILES string of the molecule is COC(=O)c1sc(NC(C)C)nc1C(F)(F)F. The normalized spacial score (nSPS) is 11.7. The van der Waals surface area contributed by atoms with Gasteiger partial charge in [-0.1, -0.05) is 11.3 Å². The topological polar surface area (TPSA) is 51.2 Å². The summed E-state index contributed by atoms with van der Waals surface area (Å²) in [6, 6.07) is -0.0762. The van der Waals surface area contributed by atoms with Gasteiger partial charge in [0.15, 0.2) is 10.8 Å². The van der Waals surface area contributed by atoms with Crippen LogP contribution in [0.1, 0.15) is 29.2 Å². The van der Waals surface area contributed by atoms with E-state index in [1.807, 2.05) is 0 Å². The number of carbonyl (C=O) groups is 1. The van der Waals surface area contributed by atoms with Crippen LogP contribution in [0, 0.1) is 0 Å². The van der Waals surface area contributed by atoms with Gasteiger partial charge in [-0.15, -0.1) is 0 Å². The van der Waals surface area contributed by atoms with Crippen LogP contribution in [-0.4, -0.2) is 24.1 Å². The third-order valence-electron chi connectivity index (χ3n) is 1.68. The maximum atomic E-state index is 12.6. The predicted molar refractivity (Wildman–Crippen MR) is 57.2 cm³/mol. The Morgan fingerprint density at radius 2 is 2.06 bits per heavy atom. The third kappa shape index (κ3) is 3.32. The van der Waals surface area contributed by atoms with Gasteiger partial charge in [-0.3, -0.25) is 0 Å². The van der Waals surface area contributed by atoms with Crippen LogP contribution in [-0.2, 0) is 10.9 Å². The number of anilines is 1. The fourth-order valence-corrected chi connectivity index (χ4v) is 2.10. The van der Waals surface area contributed by atoms with Crippen LogP contribution in [0.15, 0.2) is 0 Å². The zero-order chi connectivity index (χ0) is 13.2. The molecule has 1 heterocycles. The number of rotatable bonds is 3. The molecular formula is C9H11F3N2O2S. The average molecular weight is 268 g/mol. The van der Waals surface area contributed by atoms with Crippen molar-refractivity contribution in [2.75, 3.05) is 12.4 Å². The van der Waals surface area contributed by atoms with Gasteiger partial charge in [0.05, 0.1) is 7.11 Å². The lowest BCUT2D eigenvalue weighted by Gasteiger charge is -2.05. The molecule has 0 aromatic carbocycles. The summed E-state index contributed by atoms with van der Waals surface area (Å²) >= 11 is 0.631. The molecule has 1 aromatic heterocycles. The van der Waals surface area contributed by atoms with Gasteiger partial charge in [0.2, 0.25) is 0 Å². The summed E-state index contributed by atoms with van der Waals surface area (Å²) < 4.78 is 42.1. The largest absolute Gasteiger partial charge is 0.465 e. The molecule has 1 rings (SSSR count). The maximum Gasteiger partial charge on any atom is 0.435 e. The average Bonchev–Trinajstić information content (AvgIpc) is 2.59. The van der Waals surface area contributed by atoms with Crippen molar-refractivity contribution in [3.8, 4) is 0 Å². The number of esters is 1. The minimum Gasteiger partial charge on any atom is -0.465 e. The lowest BCUT2D eigenvalue weighted by Crippen LogP contribution is -2.13. The highest BCUT2D eigenvalue weighted by Gasteiger charge is 2.40. The number of hydrogen-bond acceptors (Lipinski definition) is 5. The molecule has 0 aliphatic carbocycles. The highest BCUT2D eigenvalue weighted by Crippen LogP contribution is 2.36. The number of nitrogens with zero attached hydrogens (tertiary/aromatic N) is 1. The van der Waals surface area contributed by atoms with Gasteiger partial charge < -0.3 is 10.1 Å². The predicted octanol–water partition coefficient (Wildman–Crippen LogP) is 2.77. The van der Waals surface area contributed by atoms with Crippen LogP contribution in [0.3, 0.4) is 0 Å². The summed E-state index contributed by atoms with van der Waals surface area (Å²) in [5.41, 5.74) is -1.21. The quantitative estimate of drug-likeness (QED) is 0.856. The second kappa shape index (κ2) is 4.91. The number of methoxy groups -OCH3 is 1. The molecule has 8 heteroatoms. The molecule has 4 nitrogen and oxygen atoms in total. The van der Waals surface area contributed by atoms with E-state index in [4.69, 9.17) is 0 Å². The molecule has 0 amide bonds. The first-order valence-electron chi connectivity index (χ1n) is 4.68. The molecule has 1 aromatic rings. The van der Waals surface area contributed by atoms with Gasteiger partial charge in [-0.2, -0.15) is 13.2 Å². The highest BCUT2D eigenvalue weighted by atomic mass is 32.1. The number of aromatic nitrogens is 1. The van der Waals surface area contributed by atoms with E-state index in [0.29, 0.717) is 11.3 Å². The van der Waals surface area contributed by atoms with Crippen molar-refractivity contribution >= 4 is 22.4 Å². The first kappa shape index (κ1) is 13.8. The van der Waals surface area contributed by atoms with Crippen molar-refractivity contribution < 1.29 is 22.7 Å². The number of alkyl halides is 3. The van der Waals surface area contributed by atoms with Crippen molar-refractivity contribution in [3.05, 3.63) is 10.6 Å². The fourth-order valence-electron chi connectivity index (χ4n) is 1.05. The first-order chi connectivity index (χ1) is 7.75. The molecule has 0 aliphatic heterocycles. The van der Waals surface area contributed by atoms with Gasteiger partial charge in [0.25, 0.3) is 0 Å². The Morgan fingerprint density at radius 1 is 1.47 bits per heavy atom. The summed E-state index contributed by atoms with van der Waals surface area (Å²) in [7, 11) is 1.03. The Balaban J connectivity index is 3.17. The van der Waals surface area contributed by atoms with Crippen molar-refractivity contribution in [2.45, 2.75) is 26.1 Å². The van der Waals surface area contributed by atoms with Crippen LogP contribution in [0.4, 0.5) is 18.3 Å². The Kier molecular flexibility index (Phi) is 3.97. The zero-order valence-corrected chi connectivity index (χ0v) is 10.2. The van der Waals surface area contributed by atoms with Crippen LogP contribution < -0.4 is 5.32 Å². The minimum absolute atomic E-state index is 0.0488. The number of hydrogen-bond donors (Lipinski definition) is 1. The third-order valence-corrected chi connectivity index (χ3v) is 2.65. The number of thiazole rings is 1. The standard InChI is InChI=1S/C9H11F3N2O2S/c1-4(2)13-8-14-6(9(10,11)12)5(17-8)7(15)16-3/h4H,1-3H3,(H,13,14). The molecule has 0 aliphatic rings. The van der Waals surface area contributed by atoms with E-state index in [2.05, 4.69) is 15.0 Å². The monoisotopic (exact) mass is 268 g/mol. The maximum absolute atomic E-state index is 12.6. The Morgan fingerprint density at radius 3 is 2.47 bits per heavy atom. The molecule has 0 saturated heterocycles. The summed E-state index contributed by atoms with van der Waals surface area (Å²) in [5, 5.41) is 2.77. The summed E-state index contributed by atoms with van der Waals surface area (Å²) in [6.45, 7) is 3.51. The van der Waals surface area contributed by atoms with Gasteiger partial charge in [0, 0.05) is 6.04 Å². The van der Waals surface area contributed by atoms with Crippen LogP contribution in [0.2, 0.25) is 0 Å². The van der Waals surface area contributed by atoms with Crippen molar-refractivity contribution in [2.24, 2.45) is 0 Å². The highest BCUT2D eigenvalue weighted by molar-refractivity contribution is 7.17. The van der Waals surface area contributed by atoms with E-state index < -0.39 is 22.7 Å². The Hall–Kier alpha value is -1.31. The molecule has 0 fully saturated rings. The van der Waals surface area contributed by atoms with E-state index in [9.17, 15) is 18.0 Å². The number of nitrogens with one attached hydrogen (secondary N) is 1. The van der Waals surface area contributed by atoms with Crippen LogP contribution in [0.25, 0.3) is 0 Å². The summed E-state index contributed by atoms with van der Waals surface area (Å²) in [4.78, 5) is 14.0. The summed E-state index contributed by atoms with van der Waals surface area (Å²) in [6.07, 6.45) is -4.67. The van der Waals surface area contributed by atoms with Crippen molar-refractivity contribution in [3.63, 3.8) is 0 Å². The fraction of sp³-hybridized carbons (Fsp3) is 0.556. The van der Waals surface area contributed by atoms with Crippen molar-refractivity contribution in [1.82, 2.24) is 4.98 Å². The minimum atomic E-state index is -4.67. The van der Waals surface area contributed by atoms with E-state index in [1.54, 1.807) is 13.8 Å². The van der Waals surface area contributed by atoms with Crippen molar-refractivity contribution in [1.29, 1.82) is 0 Å². The van der Waals surface area contributed by atoms with E-state index in [-0.39, 0.29) is 11.2 Å². The molecule has 96 valence electrons. The van der Waals surface area contributed by atoms with Gasteiger partial charge >= 0.3 is 12.1 Å². The van der Waals surface area contributed by atoms with Gasteiger partial charge in [-0.25, -0.2) is 9.78 Å². The Bertz CT molecular complexity index is 415. The van der Waals surface area contributed by atoms with Crippen LogP contribution >= 0.6 is 11.3 Å². The van der Waals surface area contributed by atoms with E-state index in [0.717, 1.165) is 7.11 Å². The van der Waals surface area contributed by atoms with Gasteiger partial charge in [-0.05, 0) is 13.8 Å². The molecule has 0 unspecified atom stereocenters. The molecule has 17 heavy (non-hydrogen) atoms. The first-order valence-corrected chi connectivity index (χ1v) is 5.50. The lowest BCUT2D eigenvalue weighted by molar-refractivity contribution is -0.141. The molecule has 0 saturated carbocycles. The molecular weight excluding hydrogens is 257 g/mol. The zero-order valence-electron chi connectivity index (χ0n) is 9.38. The molecule has 0 bridgehead atoms. The number of ether oxygens (including phenoxy) is 1. The van der Waals surface area contributed by atoms with Crippen LogP contribution in [0.5, 0.6) is 0 Å². The summed E-state index contributed by atoms with van der Waals surface area (Å²) in [5.74, 6) is -1.04. The Labute approximate surface area is 99.8 Å². The van der Waals surface area contributed by atoms with E-state index in [1.165, 1.54) is 0 Å². The smallest absolute Gasteiger partial charge is 0.435 e. The number of halogens is 3. The molecule has 0 atom stereocenters. The second-order valence-electron chi connectivity index (χ2n) is 3.49. The lowest BCUT2D eigenvalue weighted by atomic mass is 10.3. The van der Waals surface area contributed by atoms with Gasteiger partial charge in [0.1, 0.15) is 4.88 Å². The molecule has 0 radical (unpaired) electrons.